The fraction of sp³-hybridized carbons (Fsp3) is 0.308. The predicted octanol–water partition coefficient (Wildman–Crippen LogP) is 5.60. The summed E-state index contributed by atoms with van der Waals surface area (Å²) >= 11 is 4.22. The van der Waals surface area contributed by atoms with Gasteiger partial charge in [0.15, 0.2) is 0 Å². The SMILES string of the molecule is O=C(O)c1ccc(CCN2C(=O)SCCN2CCC(O)Cc2cccc(C=Cc3ccsc3)c2)s1. The molecule has 0 saturated carbocycles. The number of rotatable bonds is 11. The van der Waals surface area contributed by atoms with Crippen LogP contribution in [-0.2, 0) is 12.8 Å². The number of amides is 1. The van der Waals surface area contributed by atoms with Crippen molar-refractivity contribution in [1.29, 1.82) is 0 Å². The van der Waals surface area contributed by atoms with Crippen molar-refractivity contribution in [2.75, 3.05) is 25.4 Å². The minimum atomic E-state index is -0.925. The predicted molar refractivity (Wildman–Crippen MR) is 145 cm³/mol. The highest BCUT2D eigenvalue weighted by molar-refractivity contribution is 8.13. The zero-order valence-corrected chi connectivity index (χ0v) is 21.7. The van der Waals surface area contributed by atoms with Crippen LogP contribution in [0.4, 0.5) is 4.79 Å². The Morgan fingerprint density at radius 2 is 1.97 bits per heavy atom. The van der Waals surface area contributed by atoms with E-state index in [0.717, 1.165) is 28.3 Å². The van der Waals surface area contributed by atoms with Crippen LogP contribution < -0.4 is 0 Å². The van der Waals surface area contributed by atoms with Gasteiger partial charge in [-0.1, -0.05) is 48.2 Å². The first-order valence-corrected chi connectivity index (χ1v) is 14.2. The van der Waals surface area contributed by atoms with Crippen LogP contribution in [0.25, 0.3) is 12.2 Å². The third-order valence-electron chi connectivity index (χ3n) is 5.72. The number of hydrogen-bond donors (Lipinski definition) is 2. The van der Waals surface area contributed by atoms with Gasteiger partial charge in [-0.3, -0.25) is 9.80 Å². The standard InChI is InChI=1S/C26H28N2O4S3/c29-22(17-21-3-1-2-19(16-21)4-5-20-10-14-33-18-20)8-11-27-13-15-34-26(32)28(27)12-9-23-6-7-24(35-23)25(30)31/h1-7,10,14,16,18,22,29H,8-9,11-13,15,17H2,(H,30,31). The molecule has 35 heavy (non-hydrogen) atoms. The number of aliphatic hydroxyl groups excluding tert-OH is 1. The van der Waals surface area contributed by atoms with E-state index in [1.54, 1.807) is 22.4 Å². The van der Waals surface area contributed by atoms with Crippen LogP contribution in [0, 0.1) is 0 Å². The van der Waals surface area contributed by atoms with Crippen LogP contribution in [0.2, 0.25) is 0 Å². The summed E-state index contributed by atoms with van der Waals surface area (Å²) in [5.74, 6) is -0.197. The normalized spacial score (nSPS) is 15.7. The van der Waals surface area contributed by atoms with Crippen molar-refractivity contribution in [3.8, 4) is 0 Å². The molecule has 0 radical (unpaired) electrons. The molecule has 1 aliphatic rings. The summed E-state index contributed by atoms with van der Waals surface area (Å²) in [7, 11) is 0. The molecule has 0 aliphatic carbocycles. The van der Waals surface area contributed by atoms with E-state index < -0.39 is 12.1 Å². The third-order valence-corrected chi connectivity index (χ3v) is 8.40. The highest BCUT2D eigenvalue weighted by Crippen LogP contribution is 2.22. The highest BCUT2D eigenvalue weighted by atomic mass is 32.2. The van der Waals surface area contributed by atoms with E-state index in [9.17, 15) is 14.7 Å². The molecule has 184 valence electrons. The number of hydrazine groups is 1. The molecular weight excluding hydrogens is 500 g/mol. The number of carbonyl (C=O) groups is 2. The summed E-state index contributed by atoms with van der Waals surface area (Å²) in [6.45, 7) is 1.84. The Kier molecular flexibility index (Phi) is 9.17. The van der Waals surface area contributed by atoms with Gasteiger partial charge in [0.1, 0.15) is 4.88 Å². The monoisotopic (exact) mass is 528 g/mol. The number of benzene rings is 1. The molecule has 3 heterocycles. The van der Waals surface area contributed by atoms with E-state index >= 15 is 0 Å². The first-order chi connectivity index (χ1) is 17.0. The second-order valence-electron chi connectivity index (χ2n) is 8.29. The molecule has 4 rings (SSSR count). The average molecular weight is 529 g/mol. The summed E-state index contributed by atoms with van der Waals surface area (Å²) in [6.07, 6.45) is 5.39. The van der Waals surface area contributed by atoms with E-state index in [-0.39, 0.29) is 5.24 Å². The van der Waals surface area contributed by atoms with Crippen molar-refractivity contribution in [2.45, 2.75) is 25.4 Å². The van der Waals surface area contributed by atoms with Crippen LogP contribution >= 0.6 is 34.4 Å². The fourth-order valence-electron chi connectivity index (χ4n) is 3.92. The largest absolute Gasteiger partial charge is 0.477 e. The van der Waals surface area contributed by atoms with Gasteiger partial charge in [0.05, 0.1) is 6.10 Å². The lowest BCUT2D eigenvalue weighted by Gasteiger charge is -2.38. The molecule has 2 aromatic heterocycles. The topological polar surface area (TPSA) is 81.1 Å². The zero-order chi connectivity index (χ0) is 24.6. The molecule has 6 nitrogen and oxygen atoms in total. The molecule has 1 unspecified atom stereocenters. The van der Waals surface area contributed by atoms with E-state index in [2.05, 4.69) is 41.1 Å². The minimum absolute atomic E-state index is 0.00543. The number of thioether (sulfide) groups is 1. The number of carboxylic acid groups (broad SMARTS) is 1. The number of nitrogens with zero attached hydrogens (tertiary/aromatic N) is 2. The van der Waals surface area contributed by atoms with Crippen molar-refractivity contribution in [1.82, 2.24) is 10.0 Å². The lowest BCUT2D eigenvalue weighted by atomic mass is 10.0. The molecule has 1 atom stereocenters. The lowest BCUT2D eigenvalue weighted by molar-refractivity contribution is 0.0148. The van der Waals surface area contributed by atoms with Gasteiger partial charge in [0.25, 0.3) is 5.24 Å². The van der Waals surface area contributed by atoms with Crippen molar-refractivity contribution < 1.29 is 19.8 Å². The summed E-state index contributed by atoms with van der Waals surface area (Å²) in [6, 6.07) is 13.7. The van der Waals surface area contributed by atoms with E-state index in [1.165, 1.54) is 28.7 Å². The van der Waals surface area contributed by atoms with Crippen LogP contribution in [-0.4, -0.2) is 62.9 Å². The van der Waals surface area contributed by atoms with Gasteiger partial charge < -0.3 is 10.2 Å². The Morgan fingerprint density at radius 1 is 1.11 bits per heavy atom. The van der Waals surface area contributed by atoms with Crippen molar-refractivity contribution >= 4 is 57.8 Å². The summed E-state index contributed by atoms with van der Waals surface area (Å²) in [5, 5.41) is 27.8. The second kappa shape index (κ2) is 12.5. The Hall–Kier alpha value is -2.43. The smallest absolute Gasteiger partial charge is 0.345 e. The summed E-state index contributed by atoms with van der Waals surface area (Å²) < 4.78 is 0. The Bertz CT molecular complexity index is 1160. The van der Waals surface area contributed by atoms with Gasteiger partial charge in [-0.15, -0.1) is 11.3 Å². The van der Waals surface area contributed by atoms with Crippen LogP contribution in [0.5, 0.6) is 0 Å². The maximum Gasteiger partial charge on any atom is 0.345 e. The highest BCUT2D eigenvalue weighted by Gasteiger charge is 2.27. The van der Waals surface area contributed by atoms with Crippen LogP contribution in [0.15, 0.2) is 53.2 Å². The molecule has 2 N–H and O–H groups in total. The number of aliphatic hydroxyl groups is 1. The molecule has 1 aliphatic heterocycles. The van der Waals surface area contributed by atoms with Crippen LogP contribution in [0.1, 0.15) is 37.7 Å². The summed E-state index contributed by atoms with van der Waals surface area (Å²) in [4.78, 5) is 24.9. The van der Waals surface area contributed by atoms with Crippen molar-refractivity contribution in [3.05, 3.63) is 79.7 Å². The van der Waals surface area contributed by atoms with E-state index in [4.69, 9.17) is 5.11 Å². The molecule has 1 amide bonds. The Balaban J connectivity index is 1.29. The van der Waals surface area contributed by atoms with Gasteiger partial charge in [0, 0.05) is 36.7 Å². The first-order valence-electron chi connectivity index (χ1n) is 11.5. The zero-order valence-electron chi connectivity index (χ0n) is 19.2. The molecule has 3 aromatic rings. The van der Waals surface area contributed by atoms with Gasteiger partial charge in [0.2, 0.25) is 0 Å². The first kappa shape index (κ1) is 25.7. The van der Waals surface area contributed by atoms with E-state index in [0.29, 0.717) is 37.2 Å². The number of thiophene rings is 2. The molecule has 0 bridgehead atoms. The summed E-state index contributed by atoms with van der Waals surface area (Å²) in [5.41, 5.74) is 3.37. The van der Waals surface area contributed by atoms with E-state index in [1.807, 2.05) is 23.2 Å². The van der Waals surface area contributed by atoms with Gasteiger partial charge in [-0.2, -0.15) is 11.3 Å². The van der Waals surface area contributed by atoms with Crippen molar-refractivity contribution in [2.24, 2.45) is 0 Å². The maximum atomic E-state index is 12.5. The molecule has 1 saturated heterocycles. The average Bonchev–Trinajstić information content (AvgIpc) is 3.53. The van der Waals surface area contributed by atoms with Crippen LogP contribution in [0.3, 0.4) is 0 Å². The number of aromatic carboxylic acids is 1. The Morgan fingerprint density at radius 3 is 2.74 bits per heavy atom. The maximum absolute atomic E-state index is 12.5. The number of carbonyl (C=O) groups excluding carboxylic acids is 1. The Labute approximate surface area is 217 Å². The second-order valence-corrected chi connectivity index (χ2v) is 11.3. The molecule has 1 fully saturated rings. The fourth-order valence-corrected chi connectivity index (χ4v) is 6.21. The lowest BCUT2D eigenvalue weighted by Crippen LogP contribution is -2.51. The third kappa shape index (κ3) is 7.52. The quantitative estimate of drug-likeness (QED) is 0.337. The molecular formula is C26H28N2O4S3. The number of carboxylic acids is 1. The molecule has 1 aromatic carbocycles. The van der Waals surface area contributed by atoms with Gasteiger partial charge >= 0.3 is 5.97 Å². The van der Waals surface area contributed by atoms with Gasteiger partial charge in [-0.05, 0) is 58.5 Å². The van der Waals surface area contributed by atoms with Gasteiger partial charge in [-0.25, -0.2) is 9.80 Å². The minimum Gasteiger partial charge on any atom is -0.477 e. The molecule has 0 spiro atoms. The molecule has 9 heteroatoms. The number of hydrogen-bond acceptors (Lipinski definition) is 7. The van der Waals surface area contributed by atoms with Crippen molar-refractivity contribution in [3.63, 3.8) is 0 Å².